The number of aromatic nitrogens is 2. The highest BCUT2D eigenvalue weighted by molar-refractivity contribution is 5.79. The Morgan fingerprint density at radius 2 is 1.35 bits per heavy atom. The number of hydrogen-bond acceptors (Lipinski definition) is 6. The molecule has 142 valence electrons. The molecule has 0 atom stereocenters. The first-order valence-corrected chi connectivity index (χ1v) is 10.0. The molecule has 1 aromatic heterocycles. The second kappa shape index (κ2) is 7.78. The fraction of sp³-hybridized carbons (Fsp3) is 0.737. The van der Waals surface area contributed by atoms with E-state index in [9.17, 15) is 4.79 Å². The molecule has 7 heteroatoms. The number of carbonyl (C=O) groups is 1. The highest BCUT2D eigenvalue weighted by atomic mass is 16.2. The standard InChI is InChI=1S/C19H30N6O/c1-22-8-10-23(11-9-22)17-6-7-18(21-20-17)24-12-14-25(15-13-24)19(26)16-4-2-3-5-16/h6-7,16H,2-5,8-15H2,1H3. The van der Waals surface area contributed by atoms with Gasteiger partial charge in [0.05, 0.1) is 0 Å². The first kappa shape index (κ1) is 17.5. The third-order valence-corrected chi connectivity index (χ3v) is 6.08. The summed E-state index contributed by atoms with van der Waals surface area (Å²) in [6, 6.07) is 4.17. The number of piperazine rings is 2. The number of nitrogens with zero attached hydrogens (tertiary/aromatic N) is 6. The molecule has 0 unspecified atom stereocenters. The summed E-state index contributed by atoms with van der Waals surface area (Å²) in [6.07, 6.45) is 4.59. The number of anilines is 2. The predicted octanol–water partition coefficient (Wildman–Crippen LogP) is 1.07. The summed E-state index contributed by atoms with van der Waals surface area (Å²) in [5.41, 5.74) is 0. The van der Waals surface area contributed by atoms with Crippen molar-refractivity contribution in [1.82, 2.24) is 20.0 Å². The topological polar surface area (TPSA) is 55.8 Å². The Hall–Kier alpha value is -1.89. The van der Waals surface area contributed by atoms with E-state index in [0.717, 1.165) is 76.8 Å². The van der Waals surface area contributed by atoms with E-state index in [4.69, 9.17) is 0 Å². The molecule has 7 nitrogen and oxygen atoms in total. The van der Waals surface area contributed by atoms with Crippen molar-refractivity contribution in [2.24, 2.45) is 5.92 Å². The molecule has 1 aromatic rings. The van der Waals surface area contributed by atoms with Crippen molar-refractivity contribution < 1.29 is 4.79 Å². The van der Waals surface area contributed by atoms with Crippen molar-refractivity contribution in [2.45, 2.75) is 25.7 Å². The largest absolute Gasteiger partial charge is 0.353 e. The molecule has 3 heterocycles. The van der Waals surface area contributed by atoms with Gasteiger partial charge in [0.25, 0.3) is 0 Å². The van der Waals surface area contributed by atoms with E-state index in [1.165, 1.54) is 12.8 Å². The molecule has 26 heavy (non-hydrogen) atoms. The van der Waals surface area contributed by atoms with E-state index in [2.05, 4.69) is 49.0 Å². The molecule has 0 radical (unpaired) electrons. The van der Waals surface area contributed by atoms with Gasteiger partial charge in [0.1, 0.15) is 0 Å². The molecule has 0 bridgehead atoms. The number of carbonyl (C=O) groups excluding carboxylic acids is 1. The molecule has 1 saturated carbocycles. The summed E-state index contributed by atoms with van der Waals surface area (Å²) in [5.74, 6) is 2.55. The van der Waals surface area contributed by atoms with Crippen LogP contribution in [0.3, 0.4) is 0 Å². The second-order valence-electron chi connectivity index (χ2n) is 7.83. The van der Waals surface area contributed by atoms with Gasteiger partial charge in [-0.15, -0.1) is 10.2 Å². The number of likely N-dealkylation sites (N-methyl/N-ethyl adjacent to an activating group) is 1. The monoisotopic (exact) mass is 358 g/mol. The smallest absolute Gasteiger partial charge is 0.225 e. The summed E-state index contributed by atoms with van der Waals surface area (Å²) >= 11 is 0. The number of amides is 1. The molecular formula is C19H30N6O. The zero-order valence-corrected chi connectivity index (χ0v) is 15.8. The molecule has 2 saturated heterocycles. The van der Waals surface area contributed by atoms with Gasteiger partial charge in [0.15, 0.2) is 11.6 Å². The van der Waals surface area contributed by atoms with Crippen LogP contribution in [0.25, 0.3) is 0 Å². The zero-order chi connectivity index (χ0) is 17.9. The zero-order valence-electron chi connectivity index (χ0n) is 15.8. The summed E-state index contributed by atoms with van der Waals surface area (Å²) in [4.78, 5) is 21.5. The van der Waals surface area contributed by atoms with E-state index in [-0.39, 0.29) is 5.92 Å². The minimum absolute atomic E-state index is 0.282. The predicted molar refractivity (Wildman–Crippen MR) is 102 cm³/mol. The lowest BCUT2D eigenvalue weighted by atomic mass is 10.1. The molecule has 4 rings (SSSR count). The van der Waals surface area contributed by atoms with Crippen LogP contribution in [0.4, 0.5) is 11.6 Å². The van der Waals surface area contributed by atoms with Crippen LogP contribution in [0.2, 0.25) is 0 Å². The van der Waals surface area contributed by atoms with Crippen molar-refractivity contribution in [2.75, 3.05) is 69.2 Å². The molecule has 3 fully saturated rings. The summed E-state index contributed by atoms with van der Waals surface area (Å²) in [6.45, 7) is 7.45. The Bertz CT molecular complexity index is 599. The van der Waals surface area contributed by atoms with Crippen molar-refractivity contribution in [3.63, 3.8) is 0 Å². The maximum absolute atomic E-state index is 12.6. The van der Waals surface area contributed by atoms with Crippen LogP contribution in [-0.4, -0.2) is 85.3 Å². The SMILES string of the molecule is CN1CCN(c2ccc(N3CCN(C(=O)C4CCCC4)CC3)nn2)CC1. The van der Waals surface area contributed by atoms with Gasteiger partial charge in [-0.25, -0.2) is 0 Å². The third kappa shape index (κ3) is 3.77. The van der Waals surface area contributed by atoms with Crippen molar-refractivity contribution in [1.29, 1.82) is 0 Å². The molecule has 1 amide bonds. The van der Waals surface area contributed by atoms with Gasteiger partial charge in [-0.2, -0.15) is 0 Å². The Morgan fingerprint density at radius 1 is 0.846 bits per heavy atom. The molecule has 0 N–H and O–H groups in total. The quantitative estimate of drug-likeness (QED) is 0.806. The third-order valence-electron chi connectivity index (χ3n) is 6.08. The van der Waals surface area contributed by atoms with Gasteiger partial charge in [0, 0.05) is 58.3 Å². The maximum Gasteiger partial charge on any atom is 0.225 e. The average Bonchev–Trinajstić information content (AvgIpc) is 3.23. The second-order valence-corrected chi connectivity index (χ2v) is 7.83. The minimum atomic E-state index is 0.282. The van der Waals surface area contributed by atoms with Crippen LogP contribution in [0.1, 0.15) is 25.7 Å². The number of hydrogen-bond donors (Lipinski definition) is 0. The van der Waals surface area contributed by atoms with Crippen molar-refractivity contribution in [3.8, 4) is 0 Å². The molecular weight excluding hydrogens is 328 g/mol. The Kier molecular flexibility index (Phi) is 5.24. The van der Waals surface area contributed by atoms with Crippen LogP contribution >= 0.6 is 0 Å². The highest BCUT2D eigenvalue weighted by Gasteiger charge is 2.29. The van der Waals surface area contributed by atoms with Crippen LogP contribution < -0.4 is 9.80 Å². The van der Waals surface area contributed by atoms with Crippen LogP contribution in [0.5, 0.6) is 0 Å². The van der Waals surface area contributed by atoms with E-state index in [1.54, 1.807) is 0 Å². The van der Waals surface area contributed by atoms with Crippen molar-refractivity contribution >= 4 is 17.5 Å². The van der Waals surface area contributed by atoms with Crippen molar-refractivity contribution in [3.05, 3.63) is 12.1 Å². The first-order chi connectivity index (χ1) is 12.7. The minimum Gasteiger partial charge on any atom is -0.353 e. The summed E-state index contributed by atoms with van der Waals surface area (Å²) < 4.78 is 0. The lowest BCUT2D eigenvalue weighted by Gasteiger charge is -2.36. The van der Waals surface area contributed by atoms with E-state index >= 15 is 0 Å². The lowest BCUT2D eigenvalue weighted by molar-refractivity contribution is -0.135. The normalized spacial score (nSPS) is 22.9. The summed E-state index contributed by atoms with van der Waals surface area (Å²) in [5, 5.41) is 8.92. The van der Waals surface area contributed by atoms with Gasteiger partial charge in [-0.05, 0) is 32.0 Å². The lowest BCUT2D eigenvalue weighted by Crippen LogP contribution is -2.50. The molecule has 1 aliphatic carbocycles. The maximum atomic E-state index is 12.6. The van der Waals surface area contributed by atoms with Gasteiger partial charge < -0.3 is 19.6 Å². The molecule has 2 aliphatic heterocycles. The Balaban J connectivity index is 1.31. The Labute approximate surface area is 155 Å². The average molecular weight is 358 g/mol. The van der Waals surface area contributed by atoms with Crippen LogP contribution in [0, 0.1) is 5.92 Å². The molecule has 0 aromatic carbocycles. The first-order valence-electron chi connectivity index (χ1n) is 10.0. The van der Waals surface area contributed by atoms with E-state index < -0.39 is 0 Å². The molecule has 3 aliphatic rings. The van der Waals surface area contributed by atoms with Gasteiger partial charge in [-0.3, -0.25) is 4.79 Å². The fourth-order valence-corrected chi connectivity index (χ4v) is 4.28. The van der Waals surface area contributed by atoms with Crippen LogP contribution in [0.15, 0.2) is 12.1 Å². The van der Waals surface area contributed by atoms with Gasteiger partial charge >= 0.3 is 0 Å². The highest BCUT2D eigenvalue weighted by Crippen LogP contribution is 2.27. The Morgan fingerprint density at radius 3 is 1.85 bits per heavy atom. The molecule has 0 spiro atoms. The van der Waals surface area contributed by atoms with Gasteiger partial charge in [0.2, 0.25) is 5.91 Å². The number of rotatable bonds is 3. The fourth-order valence-electron chi connectivity index (χ4n) is 4.28. The van der Waals surface area contributed by atoms with E-state index in [0.29, 0.717) is 5.91 Å². The summed E-state index contributed by atoms with van der Waals surface area (Å²) in [7, 11) is 2.16. The van der Waals surface area contributed by atoms with Crippen LogP contribution in [-0.2, 0) is 4.79 Å². The van der Waals surface area contributed by atoms with Gasteiger partial charge in [-0.1, -0.05) is 12.8 Å². The van der Waals surface area contributed by atoms with E-state index in [1.807, 2.05) is 0 Å².